The summed E-state index contributed by atoms with van der Waals surface area (Å²) in [6.45, 7) is 0. The monoisotopic (exact) mass is 310 g/mol. The largest absolute Gasteiger partial charge is 0.301 e. The third kappa shape index (κ3) is 3.22. The van der Waals surface area contributed by atoms with Gasteiger partial charge in [-0.3, -0.25) is 30.2 Å². The van der Waals surface area contributed by atoms with Gasteiger partial charge in [-0.05, 0) is 33.7 Å². The zero-order valence-corrected chi connectivity index (χ0v) is 11.3. The molecule has 0 unspecified atom stereocenters. The highest BCUT2D eigenvalue weighted by Gasteiger charge is 2.18. The normalized spacial score (nSPS) is 10.2. The van der Waals surface area contributed by atoms with Gasteiger partial charge in [-0.2, -0.15) is 0 Å². The zero-order chi connectivity index (χ0) is 14.5. The lowest BCUT2D eigenvalue weighted by atomic mass is 10.4. The molecule has 0 spiro atoms. The van der Waals surface area contributed by atoms with Gasteiger partial charge < -0.3 is 0 Å². The maximum absolute atomic E-state index is 10.8. The van der Waals surface area contributed by atoms with E-state index in [0.29, 0.717) is 9.79 Å². The van der Waals surface area contributed by atoms with Crippen LogP contribution in [-0.2, 0) is 0 Å². The summed E-state index contributed by atoms with van der Waals surface area (Å²) in [5, 5.41) is 21.7. The average molecular weight is 310 g/mol. The van der Waals surface area contributed by atoms with E-state index in [0.717, 1.165) is 34.0 Å². The van der Waals surface area contributed by atoms with Crippen LogP contribution in [-0.4, -0.2) is 19.8 Å². The predicted octanol–water partition coefficient (Wildman–Crippen LogP) is 3.09. The van der Waals surface area contributed by atoms with Gasteiger partial charge in [-0.15, -0.1) is 0 Å². The first kappa shape index (κ1) is 14.2. The molecular weight excluding hydrogens is 304 g/mol. The van der Waals surface area contributed by atoms with Crippen LogP contribution in [0.15, 0.2) is 46.7 Å². The van der Waals surface area contributed by atoms with Crippen LogP contribution >= 0.6 is 21.6 Å². The summed E-state index contributed by atoms with van der Waals surface area (Å²) in [5.74, 6) is 0. The van der Waals surface area contributed by atoms with E-state index in [1.807, 2.05) is 0 Å². The van der Waals surface area contributed by atoms with Crippen LogP contribution in [0.1, 0.15) is 0 Å². The summed E-state index contributed by atoms with van der Waals surface area (Å²) in [4.78, 5) is 28.7. The van der Waals surface area contributed by atoms with Crippen LogP contribution in [0.3, 0.4) is 0 Å². The first-order valence-electron chi connectivity index (χ1n) is 5.11. The van der Waals surface area contributed by atoms with E-state index in [2.05, 4.69) is 9.97 Å². The lowest BCUT2D eigenvalue weighted by Crippen LogP contribution is -1.92. The Bertz CT molecular complexity index is 610. The third-order valence-corrected chi connectivity index (χ3v) is 4.60. The summed E-state index contributed by atoms with van der Waals surface area (Å²) >= 11 is 0. The second-order valence-electron chi connectivity index (χ2n) is 3.37. The van der Waals surface area contributed by atoms with Gasteiger partial charge in [0.2, 0.25) is 0 Å². The van der Waals surface area contributed by atoms with Crippen molar-refractivity contribution in [3.63, 3.8) is 0 Å². The molecule has 10 heteroatoms. The smallest absolute Gasteiger partial charge is 0.258 e. The molecule has 0 N–H and O–H groups in total. The molecular formula is C10H6N4O4S2. The Morgan fingerprint density at radius 2 is 1.25 bits per heavy atom. The molecule has 0 amide bonds. The lowest BCUT2D eigenvalue weighted by Gasteiger charge is -2.02. The van der Waals surface area contributed by atoms with E-state index in [-0.39, 0.29) is 11.4 Å². The van der Waals surface area contributed by atoms with Gasteiger partial charge in [0.05, 0.1) is 19.6 Å². The zero-order valence-electron chi connectivity index (χ0n) is 9.70. The number of hydrogen-bond donors (Lipinski definition) is 0. The van der Waals surface area contributed by atoms with Gasteiger partial charge in [0.1, 0.15) is 12.4 Å². The Labute approximate surface area is 120 Å². The molecule has 0 atom stereocenters. The van der Waals surface area contributed by atoms with E-state index in [9.17, 15) is 20.2 Å². The Morgan fingerprint density at radius 1 is 0.850 bits per heavy atom. The molecule has 0 aliphatic heterocycles. The van der Waals surface area contributed by atoms with Crippen molar-refractivity contribution in [3.8, 4) is 0 Å². The fraction of sp³-hybridized carbons (Fsp3) is 0. The van der Waals surface area contributed by atoms with Crippen molar-refractivity contribution in [2.24, 2.45) is 0 Å². The summed E-state index contributed by atoms with van der Waals surface area (Å²) in [6.07, 6.45) is 5.14. The van der Waals surface area contributed by atoms with Crippen LogP contribution in [0.4, 0.5) is 11.4 Å². The van der Waals surface area contributed by atoms with Crippen LogP contribution < -0.4 is 0 Å². The highest BCUT2D eigenvalue weighted by Crippen LogP contribution is 2.43. The number of rotatable bonds is 5. The van der Waals surface area contributed by atoms with E-state index >= 15 is 0 Å². The molecule has 0 fully saturated rings. The van der Waals surface area contributed by atoms with Gasteiger partial charge >= 0.3 is 11.4 Å². The number of hydrogen-bond acceptors (Lipinski definition) is 8. The Hall–Kier alpha value is -2.20. The Kier molecular flexibility index (Phi) is 4.48. The van der Waals surface area contributed by atoms with E-state index in [1.165, 1.54) is 24.5 Å². The third-order valence-electron chi connectivity index (χ3n) is 2.14. The topological polar surface area (TPSA) is 112 Å². The summed E-state index contributed by atoms with van der Waals surface area (Å²) in [5.41, 5.74) is -0.275. The number of aromatic nitrogens is 2. The highest BCUT2D eigenvalue weighted by molar-refractivity contribution is 8.76. The van der Waals surface area contributed by atoms with E-state index in [1.54, 1.807) is 0 Å². The van der Waals surface area contributed by atoms with Crippen LogP contribution in [0.25, 0.3) is 0 Å². The van der Waals surface area contributed by atoms with Crippen molar-refractivity contribution < 1.29 is 9.85 Å². The van der Waals surface area contributed by atoms with Crippen molar-refractivity contribution in [2.75, 3.05) is 0 Å². The van der Waals surface area contributed by atoms with Crippen molar-refractivity contribution >= 4 is 33.0 Å². The number of nitrogens with zero attached hydrogens (tertiary/aromatic N) is 4. The minimum Gasteiger partial charge on any atom is -0.258 e. The van der Waals surface area contributed by atoms with Gasteiger partial charge in [0.25, 0.3) is 0 Å². The van der Waals surface area contributed by atoms with E-state index in [4.69, 9.17) is 0 Å². The fourth-order valence-electron chi connectivity index (χ4n) is 1.25. The Morgan fingerprint density at radius 3 is 1.60 bits per heavy atom. The predicted molar refractivity (Wildman–Crippen MR) is 73.5 cm³/mol. The highest BCUT2D eigenvalue weighted by atomic mass is 33.1. The van der Waals surface area contributed by atoms with Crippen molar-refractivity contribution in [2.45, 2.75) is 9.79 Å². The summed E-state index contributed by atoms with van der Waals surface area (Å²) in [7, 11) is 2.13. The van der Waals surface area contributed by atoms with Crippen molar-refractivity contribution in [3.05, 3.63) is 57.1 Å². The molecule has 2 heterocycles. The second kappa shape index (κ2) is 6.30. The van der Waals surface area contributed by atoms with Gasteiger partial charge in [0.15, 0.2) is 0 Å². The maximum atomic E-state index is 10.8. The van der Waals surface area contributed by atoms with Crippen LogP contribution in [0.2, 0.25) is 0 Å². The van der Waals surface area contributed by atoms with E-state index < -0.39 is 9.85 Å². The molecule has 0 bridgehead atoms. The molecule has 0 radical (unpaired) electrons. The van der Waals surface area contributed by atoms with Gasteiger partial charge in [-0.1, -0.05) is 0 Å². The fourth-order valence-corrected chi connectivity index (χ4v) is 3.47. The molecule has 2 rings (SSSR count). The average Bonchev–Trinajstić information content (AvgIpc) is 2.45. The SMILES string of the molecule is O=[N+]([O-])c1cnccc1SSc1ccncc1[N+](=O)[O-]. The first-order valence-corrected chi connectivity index (χ1v) is 7.26. The van der Waals surface area contributed by atoms with Crippen LogP contribution in [0.5, 0.6) is 0 Å². The van der Waals surface area contributed by atoms with Gasteiger partial charge in [0, 0.05) is 12.4 Å². The number of nitro groups is 2. The Balaban J connectivity index is 2.22. The molecule has 8 nitrogen and oxygen atoms in total. The van der Waals surface area contributed by atoms with Crippen molar-refractivity contribution in [1.82, 2.24) is 9.97 Å². The molecule has 0 saturated heterocycles. The van der Waals surface area contributed by atoms with Crippen molar-refractivity contribution in [1.29, 1.82) is 0 Å². The molecule has 102 valence electrons. The minimum atomic E-state index is -0.545. The molecule has 0 saturated carbocycles. The maximum Gasteiger partial charge on any atom is 0.301 e. The number of pyridine rings is 2. The summed E-state index contributed by atoms with van der Waals surface area (Å²) in [6, 6.07) is 2.98. The standard InChI is InChI=1S/C10H6N4O4S2/c15-13(16)7-5-11-3-1-9(7)19-20-10-2-4-12-6-8(10)14(17)18/h1-6H. The minimum absolute atomic E-state index is 0.137. The molecule has 20 heavy (non-hydrogen) atoms. The first-order chi connectivity index (χ1) is 9.59. The molecule has 2 aromatic heterocycles. The van der Waals surface area contributed by atoms with Crippen LogP contribution in [0, 0.1) is 20.2 Å². The lowest BCUT2D eigenvalue weighted by molar-refractivity contribution is -0.388. The second-order valence-corrected chi connectivity index (χ2v) is 5.58. The van der Waals surface area contributed by atoms with Gasteiger partial charge in [-0.25, -0.2) is 0 Å². The molecule has 0 aromatic carbocycles. The molecule has 2 aromatic rings. The molecule has 0 aliphatic rings. The quantitative estimate of drug-likeness (QED) is 0.470. The molecule has 0 aliphatic carbocycles. The summed E-state index contributed by atoms with van der Waals surface area (Å²) < 4.78 is 0.